The van der Waals surface area contributed by atoms with Gasteiger partial charge in [-0.3, -0.25) is 9.59 Å². The fraction of sp³-hybridized carbons (Fsp3) is 0.353. The Hall–Kier alpha value is -2.38. The highest BCUT2D eigenvalue weighted by Gasteiger charge is 2.25. The van der Waals surface area contributed by atoms with E-state index in [1.54, 1.807) is 29.1 Å². The summed E-state index contributed by atoms with van der Waals surface area (Å²) in [6.45, 7) is 0. The van der Waals surface area contributed by atoms with Crippen LogP contribution in [0.3, 0.4) is 0 Å². The molecule has 1 aliphatic carbocycles. The number of anilines is 1. The molecule has 0 unspecified atom stereocenters. The summed E-state index contributed by atoms with van der Waals surface area (Å²) >= 11 is 0. The fourth-order valence-electron chi connectivity index (χ4n) is 3.07. The van der Waals surface area contributed by atoms with Crippen molar-refractivity contribution in [2.75, 3.05) is 5.32 Å². The number of rotatable bonds is 5. The molecule has 1 aliphatic rings. The summed E-state index contributed by atoms with van der Waals surface area (Å²) in [5, 5.41) is 6.98. The van der Waals surface area contributed by atoms with Crippen molar-refractivity contribution in [2.45, 2.75) is 31.7 Å². The number of carbonyl (C=O) groups is 2. The number of halogens is 1. The van der Waals surface area contributed by atoms with Crippen LogP contribution in [0.5, 0.6) is 0 Å². The van der Waals surface area contributed by atoms with Crippen LogP contribution in [0, 0.1) is 5.92 Å². The van der Waals surface area contributed by atoms with E-state index in [0.29, 0.717) is 6.42 Å². The van der Waals surface area contributed by atoms with Crippen LogP contribution in [0.15, 0.2) is 36.5 Å². The SMILES string of the molecule is Cl.NC(=O)c1ccn(-c2ccc(NC(=O)C[C@@H]3CCC[C@H]3N)cc2)n1. The van der Waals surface area contributed by atoms with E-state index in [9.17, 15) is 9.59 Å². The second-order valence-corrected chi connectivity index (χ2v) is 6.16. The second kappa shape index (κ2) is 8.13. The first kappa shape index (κ1) is 19.0. The molecule has 2 atom stereocenters. The maximum absolute atomic E-state index is 12.1. The molecule has 2 aromatic rings. The van der Waals surface area contributed by atoms with Crippen LogP contribution in [0.2, 0.25) is 0 Å². The van der Waals surface area contributed by atoms with Crippen LogP contribution in [0.1, 0.15) is 36.2 Å². The molecule has 0 bridgehead atoms. The van der Waals surface area contributed by atoms with Crippen LogP contribution in [-0.4, -0.2) is 27.6 Å². The topological polar surface area (TPSA) is 116 Å². The third-order valence-electron chi connectivity index (χ3n) is 4.42. The molecule has 1 aromatic heterocycles. The van der Waals surface area contributed by atoms with E-state index in [-0.39, 0.29) is 36.0 Å². The highest BCUT2D eigenvalue weighted by atomic mass is 35.5. The van der Waals surface area contributed by atoms with Gasteiger partial charge >= 0.3 is 0 Å². The highest BCUT2D eigenvalue weighted by molar-refractivity contribution is 5.91. The van der Waals surface area contributed by atoms with Crippen molar-refractivity contribution >= 4 is 29.9 Å². The summed E-state index contributed by atoms with van der Waals surface area (Å²) in [5.74, 6) is -0.302. The van der Waals surface area contributed by atoms with Crippen molar-refractivity contribution in [1.82, 2.24) is 9.78 Å². The molecular weight excluding hydrogens is 342 g/mol. The van der Waals surface area contributed by atoms with Crippen molar-refractivity contribution in [3.05, 3.63) is 42.2 Å². The number of aromatic nitrogens is 2. The number of nitrogens with two attached hydrogens (primary N) is 2. The third kappa shape index (κ3) is 4.58. The smallest absolute Gasteiger partial charge is 0.269 e. The lowest BCUT2D eigenvalue weighted by Crippen LogP contribution is -2.28. The van der Waals surface area contributed by atoms with Gasteiger partial charge in [0.25, 0.3) is 5.91 Å². The Morgan fingerprint density at radius 3 is 2.48 bits per heavy atom. The number of carbonyl (C=O) groups excluding carboxylic acids is 2. The molecular formula is C17H22ClN5O2. The number of primary amides is 1. The minimum atomic E-state index is -0.567. The molecule has 3 rings (SSSR count). The van der Waals surface area contributed by atoms with Crippen LogP contribution >= 0.6 is 12.4 Å². The fourth-order valence-corrected chi connectivity index (χ4v) is 3.07. The van der Waals surface area contributed by atoms with Gasteiger partial charge in [-0.2, -0.15) is 5.10 Å². The Labute approximate surface area is 152 Å². The Morgan fingerprint density at radius 2 is 1.92 bits per heavy atom. The van der Waals surface area contributed by atoms with Crippen molar-refractivity contribution in [2.24, 2.45) is 17.4 Å². The van der Waals surface area contributed by atoms with Gasteiger partial charge < -0.3 is 16.8 Å². The summed E-state index contributed by atoms with van der Waals surface area (Å²) in [5.41, 5.74) is 12.9. The van der Waals surface area contributed by atoms with E-state index < -0.39 is 5.91 Å². The third-order valence-corrected chi connectivity index (χ3v) is 4.42. The number of amides is 2. The molecule has 134 valence electrons. The predicted molar refractivity (Wildman–Crippen MR) is 97.9 cm³/mol. The zero-order valence-corrected chi connectivity index (χ0v) is 14.5. The molecule has 1 saturated carbocycles. The first-order chi connectivity index (χ1) is 11.5. The first-order valence-electron chi connectivity index (χ1n) is 8.04. The second-order valence-electron chi connectivity index (χ2n) is 6.16. The monoisotopic (exact) mass is 363 g/mol. The van der Waals surface area contributed by atoms with Gasteiger partial charge in [-0.25, -0.2) is 4.68 Å². The number of hydrogen-bond acceptors (Lipinski definition) is 4. The van der Waals surface area contributed by atoms with Crippen LogP contribution in [0.25, 0.3) is 5.69 Å². The van der Waals surface area contributed by atoms with Crippen LogP contribution < -0.4 is 16.8 Å². The average molecular weight is 364 g/mol. The van der Waals surface area contributed by atoms with Crippen molar-refractivity contribution in [1.29, 1.82) is 0 Å². The van der Waals surface area contributed by atoms with E-state index in [2.05, 4.69) is 10.4 Å². The Balaban J connectivity index is 0.00000225. The van der Waals surface area contributed by atoms with Gasteiger partial charge in [-0.1, -0.05) is 6.42 Å². The predicted octanol–water partition coefficient (Wildman–Crippen LogP) is 1.85. The van der Waals surface area contributed by atoms with Gasteiger partial charge in [0.2, 0.25) is 5.91 Å². The molecule has 7 nitrogen and oxygen atoms in total. The lowest BCUT2D eigenvalue weighted by molar-refractivity contribution is -0.117. The Morgan fingerprint density at radius 1 is 1.20 bits per heavy atom. The lowest BCUT2D eigenvalue weighted by Gasteiger charge is -2.14. The molecule has 0 radical (unpaired) electrons. The molecule has 2 amide bonds. The minimum absolute atomic E-state index is 0. The zero-order chi connectivity index (χ0) is 17.1. The summed E-state index contributed by atoms with van der Waals surface area (Å²) in [4.78, 5) is 23.2. The molecule has 0 saturated heterocycles. The van der Waals surface area contributed by atoms with Crippen LogP contribution in [0.4, 0.5) is 5.69 Å². The van der Waals surface area contributed by atoms with Crippen LogP contribution in [-0.2, 0) is 4.79 Å². The lowest BCUT2D eigenvalue weighted by atomic mass is 10.00. The molecule has 25 heavy (non-hydrogen) atoms. The maximum Gasteiger partial charge on any atom is 0.269 e. The Bertz CT molecular complexity index is 744. The van der Waals surface area contributed by atoms with Gasteiger partial charge in [0.1, 0.15) is 5.69 Å². The van der Waals surface area contributed by atoms with Crippen molar-refractivity contribution in [3.8, 4) is 5.69 Å². The molecule has 0 aliphatic heterocycles. The van der Waals surface area contributed by atoms with Gasteiger partial charge in [-0.05, 0) is 49.1 Å². The van der Waals surface area contributed by atoms with Crippen molar-refractivity contribution < 1.29 is 9.59 Å². The normalized spacial score (nSPS) is 19.2. The van der Waals surface area contributed by atoms with Gasteiger partial charge in [-0.15, -0.1) is 12.4 Å². The number of hydrogen-bond donors (Lipinski definition) is 3. The minimum Gasteiger partial charge on any atom is -0.364 e. The molecule has 8 heteroatoms. The summed E-state index contributed by atoms with van der Waals surface area (Å²) in [6, 6.07) is 8.92. The molecule has 1 heterocycles. The summed E-state index contributed by atoms with van der Waals surface area (Å²) in [6.07, 6.45) is 5.25. The number of nitrogens with zero attached hydrogens (tertiary/aromatic N) is 2. The van der Waals surface area contributed by atoms with E-state index >= 15 is 0 Å². The van der Waals surface area contributed by atoms with Crippen molar-refractivity contribution in [3.63, 3.8) is 0 Å². The van der Waals surface area contributed by atoms with E-state index in [0.717, 1.165) is 30.6 Å². The van der Waals surface area contributed by atoms with E-state index in [1.165, 1.54) is 0 Å². The summed E-state index contributed by atoms with van der Waals surface area (Å²) < 4.78 is 1.56. The molecule has 1 fully saturated rings. The highest BCUT2D eigenvalue weighted by Crippen LogP contribution is 2.27. The molecule has 5 N–H and O–H groups in total. The zero-order valence-electron chi connectivity index (χ0n) is 13.7. The first-order valence-corrected chi connectivity index (χ1v) is 8.04. The van der Waals surface area contributed by atoms with Gasteiger partial charge in [0, 0.05) is 24.3 Å². The average Bonchev–Trinajstić information content (AvgIpc) is 3.18. The molecule has 1 aromatic carbocycles. The summed E-state index contributed by atoms with van der Waals surface area (Å²) in [7, 11) is 0. The quantitative estimate of drug-likeness (QED) is 0.751. The standard InChI is InChI=1S/C17H21N5O2.ClH/c18-14-3-1-2-11(14)10-16(23)20-12-4-6-13(7-5-12)22-9-8-15(21-22)17(19)24;/h4-9,11,14H,1-3,10,18H2,(H2,19,24)(H,20,23);1H/t11-,14+;/m0./s1. The van der Waals surface area contributed by atoms with E-state index in [1.807, 2.05) is 12.1 Å². The van der Waals surface area contributed by atoms with Gasteiger partial charge in [0.05, 0.1) is 5.69 Å². The Kier molecular flexibility index (Phi) is 6.17. The number of nitrogens with one attached hydrogen (secondary N) is 1. The molecule has 0 spiro atoms. The number of benzene rings is 1. The van der Waals surface area contributed by atoms with Gasteiger partial charge in [0.15, 0.2) is 0 Å². The van der Waals surface area contributed by atoms with E-state index in [4.69, 9.17) is 11.5 Å². The largest absolute Gasteiger partial charge is 0.364 e. The maximum atomic E-state index is 12.1.